The molecule has 0 amide bonds. The van der Waals surface area contributed by atoms with Crippen molar-refractivity contribution in [2.75, 3.05) is 0 Å². The number of carbonyl (C=O) groups is 1. The third-order valence-electron chi connectivity index (χ3n) is 4.19. The van der Waals surface area contributed by atoms with Crippen LogP contribution in [-0.2, 0) is 10.3 Å². The van der Waals surface area contributed by atoms with E-state index in [1.54, 1.807) is 36.4 Å². The molecule has 2 aromatic rings. The Hall–Kier alpha value is -3.09. The summed E-state index contributed by atoms with van der Waals surface area (Å²) in [5.41, 5.74) is 16.2. The number of aliphatic carboxylic acids is 1. The van der Waals surface area contributed by atoms with Gasteiger partial charge in [-0.15, -0.1) is 0 Å². The molecular formula is C18H23N5O2. The van der Waals surface area contributed by atoms with Crippen molar-refractivity contribution in [3.63, 3.8) is 0 Å². The van der Waals surface area contributed by atoms with Crippen molar-refractivity contribution in [2.24, 2.45) is 22.2 Å². The van der Waals surface area contributed by atoms with Gasteiger partial charge in [0.25, 0.3) is 0 Å². The molecule has 7 heteroatoms. The second-order valence-electron chi connectivity index (χ2n) is 6.00. The Balaban J connectivity index is 2.63. The maximum Gasteiger partial charge on any atom is 0.336 e. The lowest BCUT2D eigenvalue weighted by molar-refractivity contribution is -0.144. The average molecular weight is 341 g/mol. The van der Waals surface area contributed by atoms with Crippen LogP contribution in [0.25, 0.3) is 10.8 Å². The molecule has 25 heavy (non-hydrogen) atoms. The number of fused-ring (bicyclic) bond motifs is 1. The Morgan fingerprint density at radius 2 is 1.80 bits per heavy atom. The minimum atomic E-state index is -1.51. The van der Waals surface area contributed by atoms with Crippen molar-refractivity contribution in [1.82, 2.24) is 0 Å². The van der Waals surface area contributed by atoms with Crippen LogP contribution in [0.2, 0.25) is 0 Å². The van der Waals surface area contributed by atoms with Crippen LogP contribution in [0.1, 0.15) is 37.3 Å². The molecule has 0 aliphatic rings. The highest BCUT2D eigenvalue weighted by atomic mass is 16.4. The second kappa shape index (κ2) is 7.21. The molecule has 0 bridgehead atoms. The first-order valence-corrected chi connectivity index (χ1v) is 8.03. The third kappa shape index (κ3) is 3.71. The summed E-state index contributed by atoms with van der Waals surface area (Å²) in [5.74, 6) is -1.37. The van der Waals surface area contributed by atoms with Crippen molar-refractivity contribution >= 4 is 28.5 Å². The van der Waals surface area contributed by atoms with Gasteiger partial charge < -0.3 is 22.3 Å². The molecule has 132 valence electrons. The summed E-state index contributed by atoms with van der Waals surface area (Å²) < 4.78 is 0. The fourth-order valence-electron chi connectivity index (χ4n) is 2.87. The van der Waals surface area contributed by atoms with Gasteiger partial charge in [-0.2, -0.15) is 0 Å². The lowest BCUT2D eigenvalue weighted by Gasteiger charge is -2.26. The van der Waals surface area contributed by atoms with Gasteiger partial charge in [-0.25, -0.2) is 9.79 Å². The molecule has 0 aromatic heterocycles. The molecule has 1 unspecified atom stereocenters. The van der Waals surface area contributed by atoms with Gasteiger partial charge in [-0.05, 0) is 34.9 Å². The molecule has 0 saturated carbocycles. The van der Waals surface area contributed by atoms with Crippen LogP contribution >= 0.6 is 0 Å². The van der Waals surface area contributed by atoms with Crippen LogP contribution in [0.15, 0.2) is 41.4 Å². The highest BCUT2D eigenvalue weighted by molar-refractivity contribution is 5.99. The van der Waals surface area contributed by atoms with E-state index in [1.807, 2.05) is 6.92 Å². The van der Waals surface area contributed by atoms with Crippen molar-refractivity contribution in [3.8, 4) is 0 Å². The van der Waals surface area contributed by atoms with Gasteiger partial charge in [0.05, 0.1) is 0 Å². The minimum absolute atomic E-state index is 0.0192. The quantitative estimate of drug-likeness (QED) is 0.384. The predicted molar refractivity (Wildman–Crippen MR) is 99.6 cm³/mol. The number of carboxylic acid groups (broad SMARTS) is 1. The van der Waals surface area contributed by atoms with E-state index < -0.39 is 11.5 Å². The van der Waals surface area contributed by atoms with Gasteiger partial charge >= 0.3 is 5.97 Å². The van der Waals surface area contributed by atoms with Crippen LogP contribution in [0, 0.1) is 5.41 Å². The van der Waals surface area contributed by atoms with Crippen molar-refractivity contribution < 1.29 is 9.90 Å². The smallest absolute Gasteiger partial charge is 0.336 e. The standard InChI is InChI=1S/C18H23N5O2/c1-2-3-8-18(16(24)25,23-17(21)22)14-7-6-11-9-13(15(19)20)5-4-12(11)10-14/h4-7,9-10H,2-3,8H2,1H3,(H3,19,20)(H,24,25)(H4,21,22,23). The van der Waals surface area contributed by atoms with Crippen molar-refractivity contribution in [3.05, 3.63) is 47.5 Å². The van der Waals surface area contributed by atoms with Crippen LogP contribution in [0.5, 0.6) is 0 Å². The predicted octanol–water partition coefficient (Wildman–Crippen LogP) is 1.87. The summed E-state index contributed by atoms with van der Waals surface area (Å²) in [7, 11) is 0. The number of rotatable bonds is 7. The molecule has 0 spiro atoms. The lowest BCUT2D eigenvalue weighted by Crippen LogP contribution is -2.38. The summed E-state index contributed by atoms with van der Waals surface area (Å²) in [4.78, 5) is 16.2. The number of nitrogen functional groups attached to an aromatic ring is 1. The first-order valence-electron chi connectivity index (χ1n) is 8.03. The van der Waals surface area contributed by atoms with Crippen molar-refractivity contribution in [2.45, 2.75) is 31.7 Å². The molecule has 0 fully saturated rings. The van der Waals surface area contributed by atoms with Gasteiger partial charge in [0.1, 0.15) is 5.84 Å². The highest BCUT2D eigenvalue weighted by Crippen LogP contribution is 2.34. The monoisotopic (exact) mass is 341 g/mol. The first kappa shape index (κ1) is 18.3. The minimum Gasteiger partial charge on any atom is -0.479 e. The summed E-state index contributed by atoms with van der Waals surface area (Å²) in [6.07, 6.45) is 1.79. The maximum atomic E-state index is 12.1. The van der Waals surface area contributed by atoms with Gasteiger partial charge in [-0.3, -0.25) is 5.41 Å². The van der Waals surface area contributed by atoms with E-state index in [2.05, 4.69) is 4.99 Å². The van der Waals surface area contributed by atoms with E-state index >= 15 is 0 Å². The second-order valence-corrected chi connectivity index (χ2v) is 6.00. The van der Waals surface area contributed by atoms with Gasteiger partial charge in [0, 0.05) is 5.56 Å². The number of guanidine groups is 1. The summed E-state index contributed by atoms with van der Waals surface area (Å²) in [6.45, 7) is 1.98. The zero-order valence-corrected chi connectivity index (χ0v) is 14.1. The Morgan fingerprint density at radius 3 is 2.36 bits per heavy atom. The summed E-state index contributed by atoms with van der Waals surface area (Å²) >= 11 is 0. The molecule has 2 rings (SSSR count). The third-order valence-corrected chi connectivity index (χ3v) is 4.19. The van der Waals surface area contributed by atoms with Crippen LogP contribution < -0.4 is 17.2 Å². The molecule has 0 aliphatic heterocycles. The Kier molecular flexibility index (Phi) is 5.26. The highest BCUT2D eigenvalue weighted by Gasteiger charge is 2.40. The number of nitrogens with two attached hydrogens (primary N) is 3. The topological polar surface area (TPSA) is 152 Å². The van der Waals surface area contributed by atoms with Gasteiger partial charge in [-0.1, -0.05) is 44.0 Å². The molecule has 7 nitrogen and oxygen atoms in total. The molecule has 8 N–H and O–H groups in total. The lowest BCUT2D eigenvalue weighted by atomic mass is 9.84. The largest absolute Gasteiger partial charge is 0.479 e. The van der Waals surface area contributed by atoms with Gasteiger partial charge in [0.2, 0.25) is 0 Å². The number of hydrogen-bond acceptors (Lipinski definition) is 3. The zero-order valence-electron chi connectivity index (χ0n) is 14.1. The Bertz CT molecular complexity index is 842. The van der Waals surface area contributed by atoms with Gasteiger partial charge in [0.15, 0.2) is 11.5 Å². The van der Waals surface area contributed by atoms with Crippen LogP contribution in [-0.4, -0.2) is 22.9 Å². The molecule has 2 aromatic carbocycles. The van der Waals surface area contributed by atoms with E-state index in [9.17, 15) is 9.90 Å². The van der Waals surface area contributed by atoms with Crippen LogP contribution in [0.3, 0.4) is 0 Å². The van der Waals surface area contributed by atoms with E-state index in [0.29, 0.717) is 24.0 Å². The normalized spacial score (nSPS) is 13.2. The first-order chi connectivity index (χ1) is 11.8. The molecule has 0 radical (unpaired) electrons. The molecule has 0 saturated heterocycles. The molecule has 1 atom stereocenters. The van der Waals surface area contributed by atoms with E-state index in [-0.39, 0.29) is 11.8 Å². The molecule has 0 heterocycles. The zero-order chi connectivity index (χ0) is 18.6. The fraction of sp³-hybridized carbons (Fsp3) is 0.278. The number of aliphatic imine (C=N–C) groups is 1. The molecule has 0 aliphatic carbocycles. The van der Waals surface area contributed by atoms with Crippen LogP contribution in [0.4, 0.5) is 0 Å². The number of nitrogens with zero attached hydrogens (tertiary/aromatic N) is 1. The maximum absolute atomic E-state index is 12.1. The average Bonchev–Trinajstić information content (AvgIpc) is 2.57. The van der Waals surface area contributed by atoms with Crippen molar-refractivity contribution in [1.29, 1.82) is 5.41 Å². The SMILES string of the molecule is CCCCC(N=C(N)N)(C(=O)O)c1ccc2cc(C(=N)N)ccc2c1. The number of hydrogen-bond donors (Lipinski definition) is 5. The number of unbranched alkanes of at least 4 members (excludes halogenated alkanes) is 1. The number of amidine groups is 1. The number of nitrogens with one attached hydrogen (secondary N) is 1. The van der Waals surface area contributed by atoms with E-state index in [0.717, 1.165) is 17.2 Å². The fourth-order valence-corrected chi connectivity index (χ4v) is 2.87. The Morgan fingerprint density at radius 1 is 1.16 bits per heavy atom. The van der Waals surface area contributed by atoms with E-state index in [4.69, 9.17) is 22.6 Å². The molecular weight excluding hydrogens is 318 g/mol. The number of benzene rings is 2. The summed E-state index contributed by atoms with van der Waals surface area (Å²) in [6, 6.07) is 10.6. The Labute approximate surface area is 146 Å². The number of carboxylic acids is 1. The summed E-state index contributed by atoms with van der Waals surface area (Å²) in [5, 5.41) is 19.1. The van der Waals surface area contributed by atoms with E-state index in [1.165, 1.54) is 0 Å².